The minimum atomic E-state index is 0.713. The molecule has 4 rings (SSSR count). The largest absolute Gasteiger partial charge is 0.306 e. The Bertz CT molecular complexity index is 773. The fraction of sp³-hybridized carbons (Fsp3) is 0.450. The molecule has 0 saturated carbocycles. The van der Waals surface area contributed by atoms with Gasteiger partial charge in [0.15, 0.2) is 0 Å². The van der Waals surface area contributed by atoms with E-state index in [-0.39, 0.29) is 0 Å². The first-order chi connectivity index (χ1) is 11.7. The highest BCUT2D eigenvalue weighted by molar-refractivity contribution is 6.02. The van der Waals surface area contributed by atoms with E-state index in [4.69, 9.17) is 4.98 Å². The monoisotopic (exact) mass is 320 g/mol. The number of fused-ring (bicyclic) bond motifs is 1. The zero-order valence-electron chi connectivity index (χ0n) is 14.5. The van der Waals surface area contributed by atoms with Crippen LogP contribution in [0.1, 0.15) is 36.7 Å². The highest BCUT2D eigenvalue weighted by atomic mass is 15.1. The first-order valence-electron chi connectivity index (χ1n) is 8.84. The molecular weight excluding hydrogens is 296 g/mol. The second kappa shape index (κ2) is 6.44. The van der Waals surface area contributed by atoms with Crippen LogP contribution in [0.25, 0.3) is 11.3 Å². The Labute approximate surface area is 143 Å². The van der Waals surface area contributed by atoms with Crippen LogP contribution in [0.3, 0.4) is 0 Å². The van der Waals surface area contributed by atoms with Crippen LogP contribution in [0.15, 0.2) is 35.5 Å². The van der Waals surface area contributed by atoms with Crippen LogP contribution in [-0.4, -0.2) is 40.7 Å². The predicted octanol–water partition coefficient (Wildman–Crippen LogP) is 3.35. The van der Waals surface area contributed by atoms with E-state index in [0.717, 1.165) is 35.0 Å². The van der Waals surface area contributed by atoms with Crippen molar-refractivity contribution in [1.29, 1.82) is 0 Å². The van der Waals surface area contributed by atoms with Crippen LogP contribution < -0.4 is 0 Å². The molecule has 24 heavy (non-hydrogen) atoms. The van der Waals surface area contributed by atoms with E-state index < -0.39 is 0 Å². The van der Waals surface area contributed by atoms with Crippen LogP contribution in [0, 0.1) is 5.92 Å². The van der Waals surface area contributed by atoms with Crippen molar-refractivity contribution in [2.75, 3.05) is 20.1 Å². The number of aliphatic imine (C=N–C) groups is 1. The molecule has 0 aromatic carbocycles. The van der Waals surface area contributed by atoms with Gasteiger partial charge >= 0.3 is 0 Å². The summed E-state index contributed by atoms with van der Waals surface area (Å²) in [7, 11) is 2.21. The average Bonchev–Trinajstić information content (AvgIpc) is 2.98. The average molecular weight is 320 g/mol. The van der Waals surface area contributed by atoms with Gasteiger partial charge in [0, 0.05) is 28.7 Å². The molecule has 2 aliphatic rings. The third kappa shape index (κ3) is 3.11. The lowest BCUT2D eigenvalue weighted by Gasteiger charge is -2.28. The predicted molar refractivity (Wildman–Crippen MR) is 97.3 cm³/mol. The number of piperidine rings is 1. The standard InChI is InChI=1S/C20H24N4/c1-14-18-11-16(12-22-20(18)13-21-14)19-5-3-4-17(23-19)10-15-6-8-24(2)9-7-15/h3-5,11-12,15H,6-10,13H2,1-2H3. The minimum absolute atomic E-state index is 0.713. The minimum Gasteiger partial charge on any atom is -0.306 e. The molecule has 2 aliphatic heterocycles. The Balaban J connectivity index is 1.55. The van der Waals surface area contributed by atoms with Crippen molar-refractivity contribution in [2.24, 2.45) is 10.9 Å². The molecule has 0 aliphatic carbocycles. The van der Waals surface area contributed by atoms with Gasteiger partial charge in [-0.15, -0.1) is 0 Å². The Morgan fingerprint density at radius 2 is 2.04 bits per heavy atom. The molecule has 0 radical (unpaired) electrons. The summed E-state index contributed by atoms with van der Waals surface area (Å²) in [6.07, 6.45) is 5.58. The molecule has 2 aromatic heterocycles. The third-order valence-corrected chi connectivity index (χ3v) is 5.26. The second-order valence-electron chi connectivity index (χ2n) is 7.08. The summed E-state index contributed by atoms with van der Waals surface area (Å²) in [5, 5.41) is 0. The first kappa shape index (κ1) is 15.5. The quantitative estimate of drug-likeness (QED) is 0.871. The van der Waals surface area contributed by atoms with Gasteiger partial charge in [-0.25, -0.2) is 0 Å². The van der Waals surface area contributed by atoms with Gasteiger partial charge in [0.05, 0.1) is 17.9 Å². The Morgan fingerprint density at radius 3 is 2.88 bits per heavy atom. The molecule has 0 unspecified atom stereocenters. The fourth-order valence-electron chi connectivity index (χ4n) is 3.67. The third-order valence-electron chi connectivity index (χ3n) is 5.26. The molecule has 124 valence electrons. The molecule has 4 heteroatoms. The number of hydrogen-bond donors (Lipinski definition) is 0. The van der Waals surface area contributed by atoms with Crippen LogP contribution >= 0.6 is 0 Å². The molecule has 0 amide bonds. The van der Waals surface area contributed by atoms with E-state index >= 15 is 0 Å². The van der Waals surface area contributed by atoms with Gasteiger partial charge in [-0.3, -0.25) is 15.0 Å². The van der Waals surface area contributed by atoms with Crippen molar-refractivity contribution in [3.63, 3.8) is 0 Å². The normalized spacial score (nSPS) is 18.5. The van der Waals surface area contributed by atoms with E-state index in [0.29, 0.717) is 6.54 Å². The molecular formula is C20H24N4. The number of aromatic nitrogens is 2. The summed E-state index contributed by atoms with van der Waals surface area (Å²) in [6, 6.07) is 8.56. The summed E-state index contributed by atoms with van der Waals surface area (Å²) in [6.45, 7) is 5.18. The molecule has 0 spiro atoms. The van der Waals surface area contributed by atoms with Gasteiger partial charge in [-0.1, -0.05) is 6.07 Å². The molecule has 0 bridgehead atoms. The molecule has 4 heterocycles. The number of likely N-dealkylation sites (tertiary alicyclic amines) is 1. The highest BCUT2D eigenvalue weighted by Gasteiger charge is 2.18. The molecule has 0 atom stereocenters. The van der Waals surface area contributed by atoms with Crippen molar-refractivity contribution in [3.8, 4) is 11.3 Å². The van der Waals surface area contributed by atoms with E-state index in [1.54, 1.807) is 0 Å². The maximum absolute atomic E-state index is 4.91. The number of pyridine rings is 2. The topological polar surface area (TPSA) is 41.4 Å². The lowest BCUT2D eigenvalue weighted by Crippen LogP contribution is -2.31. The molecule has 0 N–H and O–H groups in total. The summed E-state index contributed by atoms with van der Waals surface area (Å²) >= 11 is 0. The maximum atomic E-state index is 4.91. The zero-order chi connectivity index (χ0) is 16.5. The van der Waals surface area contributed by atoms with Crippen LogP contribution in [-0.2, 0) is 13.0 Å². The summed E-state index contributed by atoms with van der Waals surface area (Å²) < 4.78 is 0. The van der Waals surface area contributed by atoms with E-state index in [2.05, 4.69) is 53.1 Å². The summed E-state index contributed by atoms with van der Waals surface area (Å²) in [5.41, 5.74) is 6.66. The highest BCUT2D eigenvalue weighted by Crippen LogP contribution is 2.25. The molecule has 2 aromatic rings. The van der Waals surface area contributed by atoms with Crippen molar-refractivity contribution >= 4 is 5.71 Å². The molecule has 4 nitrogen and oxygen atoms in total. The zero-order valence-corrected chi connectivity index (χ0v) is 14.5. The van der Waals surface area contributed by atoms with Crippen LogP contribution in [0.2, 0.25) is 0 Å². The fourth-order valence-corrected chi connectivity index (χ4v) is 3.67. The summed E-state index contributed by atoms with van der Waals surface area (Å²) in [4.78, 5) is 16.4. The summed E-state index contributed by atoms with van der Waals surface area (Å²) in [5.74, 6) is 0.761. The van der Waals surface area contributed by atoms with Gasteiger partial charge in [0.1, 0.15) is 0 Å². The van der Waals surface area contributed by atoms with E-state index in [9.17, 15) is 0 Å². The Morgan fingerprint density at radius 1 is 1.21 bits per heavy atom. The lowest BCUT2D eigenvalue weighted by atomic mass is 9.92. The smallest absolute Gasteiger partial charge is 0.0821 e. The van der Waals surface area contributed by atoms with Gasteiger partial charge in [0.25, 0.3) is 0 Å². The Kier molecular flexibility index (Phi) is 4.15. The van der Waals surface area contributed by atoms with E-state index in [1.165, 1.54) is 37.2 Å². The lowest BCUT2D eigenvalue weighted by molar-refractivity contribution is 0.218. The number of rotatable bonds is 3. The molecule has 1 saturated heterocycles. The van der Waals surface area contributed by atoms with Crippen LogP contribution in [0.4, 0.5) is 0 Å². The van der Waals surface area contributed by atoms with Crippen molar-refractivity contribution in [3.05, 3.63) is 47.4 Å². The SMILES string of the molecule is CC1=NCc2ncc(-c3cccc(CC4CCN(C)CC4)n3)cc21. The number of hydrogen-bond acceptors (Lipinski definition) is 4. The second-order valence-corrected chi connectivity index (χ2v) is 7.08. The van der Waals surface area contributed by atoms with Crippen molar-refractivity contribution < 1.29 is 0 Å². The Hall–Kier alpha value is -2.07. The van der Waals surface area contributed by atoms with Crippen LogP contribution in [0.5, 0.6) is 0 Å². The van der Waals surface area contributed by atoms with Gasteiger partial charge < -0.3 is 4.90 Å². The maximum Gasteiger partial charge on any atom is 0.0821 e. The van der Waals surface area contributed by atoms with Gasteiger partial charge in [0.2, 0.25) is 0 Å². The van der Waals surface area contributed by atoms with Gasteiger partial charge in [-0.2, -0.15) is 0 Å². The van der Waals surface area contributed by atoms with Crippen molar-refractivity contribution in [2.45, 2.75) is 32.7 Å². The van der Waals surface area contributed by atoms with E-state index in [1.807, 2.05) is 6.20 Å². The molecule has 1 fully saturated rings. The first-order valence-corrected chi connectivity index (χ1v) is 8.84. The van der Waals surface area contributed by atoms with Crippen molar-refractivity contribution in [1.82, 2.24) is 14.9 Å². The number of nitrogens with zero attached hydrogens (tertiary/aromatic N) is 4. The van der Waals surface area contributed by atoms with Gasteiger partial charge in [-0.05, 0) is 70.4 Å².